The third-order valence-electron chi connectivity index (χ3n) is 2.63. The summed E-state index contributed by atoms with van der Waals surface area (Å²) in [6.45, 7) is 0.776. The SMILES string of the molecule is CN(CCCCCCl)C(=O)c1cc(Br)ccc1I. The van der Waals surface area contributed by atoms with E-state index in [1.54, 1.807) is 4.90 Å². The number of hydrogen-bond acceptors (Lipinski definition) is 1. The van der Waals surface area contributed by atoms with Gasteiger partial charge in [0.05, 0.1) is 5.56 Å². The molecule has 0 unspecified atom stereocenters. The monoisotopic (exact) mass is 443 g/mol. The summed E-state index contributed by atoms with van der Waals surface area (Å²) in [6.07, 6.45) is 3.08. The molecule has 2 nitrogen and oxygen atoms in total. The normalized spacial score (nSPS) is 10.4. The van der Waals surface area contributed by atoms with Gasteiger partial charge in [0, 0.05) is 27.5 Å². The maximum Gasteiger partial charge on any atom is 0.254 e. The minimum absolute atomic E-state index is 0.0755. The summed E-state index contributed by atoms with van der Waals surface area (Å²) in [6, 6.07) is 5.76. The third-order valence-corrected chi connectivity index (χ3v) is 4.33. The van der Waals surface area contributed by atoms with Gasteiger partial charge >= 0.3 is 0 Å². The van der Waals surface area contributed by atoms with Gasteiger partial charge in [-0.1, -0.05) is 22.4 Å². The molecule has 0 N–H and O–H groups in total. The van der Waals surface area contributed by atoms with E-state index in [4.69, 9.17) is 11.6 Å². The van der Waals surface area contributed by atoms with Crippen LogP contribution in [0.25, 0.3) is 0 Å². The Kier molecular flexibility index (Phi) is 7.56. The fraction of sp³-hybridized carbons (Fsp3) is 0.462. The van der Waals surface area contributed by atoms with Gasteiger partial charge in [0.2, 0.25) is 0 Å². The van der Waals surface area contributed by atoms with E-state index in [-0.39, 0.29) is 5.91 Å². The van der Waals surface area contributed by atoms with E-state index < -0.39 is 0 Å². The zero-order valence-electron chi connectivity index (χ0n) is 10.3. The highest BCUT2D eigenvalue weighted by atomic mass is 127. The Labute approximate surface area is 135 Å². The van der Waals surface area contributed by atoms with Crippen molar-refractivity contribution in [3.63, 3.8) is 0 Å². The summed E-state index contributed by atoms with van der Waals surface area (Å²) < 4.78 is 1.91. The Morgan fingerprint density at radius 1 is 1.39 bits per heavy atom. The maximum atomic E-state index is 12.3. The van der Waals surface area contributed by atoms with Crippen LogP contribution in [0.1, 0.15) is 29.6 Å². The Balaban J connectivity index is 2.60. The van der Waals surface area contributed by atoms with Crippen LogP contribution in [0.5, 0.6) is 0 Å². The van der Waals surface area contributed by atoms with Crippen LogP contribution in [0, 0.1) is 3.57 Å². The molecule has 1 amide bonds. The lowest BCUT2D eigenvalue weighted by atomic mass is 10.2. The number of alkyl halides is 1. The lowest BCUT2D eigenvalue weighted by molar-refractivity contribution is 0.0791. The van der Waals surface area contributed by atoms with Crippen molar-refractivity contribution < 1.29 is 4.79 Å². The Morgan fingerprint density at radius 2 is 2.11 bits per heavy atom. The highest BCUT2D eigenvalue weighted by Crippen LogP contribution is 2.19. The van der Waals surface area contributed by atoms with Gasteiger partial charge in [0.15, 0.2) is 0 Å². The number of carbonyl (C=O) groups excluding carboxylic acids is 1. The van der Waals surface area contributed by atoms with Gasteiger partial charge in [-0.05, 0) is 53.6 Å². The molecule has 0 radical (unpaired) electrons. The molecule has 0 atom stereocenters. The lowest BCUT2D eigenvalue weighted by Gasteiger charge is -2.18. The van der Waals surface area contributed by atoms with E-state index in [0.717, 1.165) is 39.4 Å². The summed E-state index contributed by atoms with van der Waals surface area (Å²) in [5.41, 5.74) is 0.754. The van der Waals surface area contributed by atoms with Crippen LogP contribution in [0.3, 0.4) is 0 Å². The van der Waals surface area contributed by atoms with Crippen molar-refractivity contribution in [2.45, 2.75) is 19.3 Å². The second-order valence-corrected chi connectivity index (χ2v) is 6.56. The molecule has 0 saturated carbocycles. The van der Waals surface area contributed by atoms with Crippen molar-refractivity contribution in [3.8, 4) is 0 Å². The predicted molar refractivity (Wildman–Crippen MR) is 88.4 cm³/mol. The van der Waals surface area contributed by atoms with Crippen molar-refractivity contribution in [3.05, 3.63) is 31.8 Å². The van der Waals surface area contributed by atoms with E-state index in [2.05, 4.69) is 38.5 Å². The average molecular weight is 445 g/mol. The third kappa shape index (κ3) is 5.05. The molecular weight excluding hydrogens is 428 g/mol. The van der Waals surface area contributed by atoms with Crippen LogP contribution in [0.4, 0.5) is 0 Å². The first-order valence-electron chi connectivity index (χ1n) is 5.82. The fourth-order valence-corrected chi connectivity index (χ4v) is 2.71. The van der Waals surface area contributed by atoms with Crippen molar-refractivity contribution in [1.29, 1.82) is 0 Å². The van der Waals surface area contributed by atoms with Crippen LogP contribution in [-0.4, -0.2) is 30.3 Å². The topological polar surface area (TPSA) is 20.3 Å². The van der Waals surface area contributed by atoms with Gasteiger partial charge in [0.1, 0.15) is 0 Å². The number of amides is 1. The largest absolute Gasteiger partial charge is 0.342 e. The zero-order chi connectivity index (χ0) is 13.5. The van der Waals surface area contributed by atoms with E-state index >= 15 is 0 Å². The Bertz CT molecular complexity index is 414. The fourth-order valence-electron chi connectivity index (χ4n) is 1.59. The van der Waals surface area contributed by atoms with Gasteiger partial charge < -0.3 is 4.90 Å². The molecule has 1 rings (SSSR count). The molecule has 18 heavy (non-hydrogen) atoms. The van der Waals surface area contributed by atoms with Crippen LogP contribution in [0.2, 0.25) is 0 Å². The summed E-state index contributed by atoms with van der Waals surface area (Å²) in [4.78, 5) is 14.0. The maximum absolute atomic E-state index is 12.3. The number of rotatable bonds is 6. The van der Waals surface area contributed by atoms with Crippen molar-refractivity contribution in [1.82, 2.24) is 4.90 Å². The van der Waals surface area contributed by atoms with Crippen molar-refractivity contribution >= 4 is 56.0 Å². The molecular formula is C13H16BrClINO. The van der Waals surface area contributed by atoms with Gasteiger partial charge in [-0.2, -0.15) is 0 Å². The molecule has 0 aromatic heterocycles. The standard InChI is InChI=1S/C13H16BrClINO/c1-17(8-4-2-3-7-15)13(18)11-9-10(14)5-6-12(11)16/h5-6,9H,2-4,7-8H2,1H3. The molecule has 100 valence electrons. The summed E-state index contributed by atoms with van der Waals surface area (Å²) in [7, 11) is 1.85. The van der Waals surface area contributed by atoms with E-state index in [1.165, 1.54) is 0 Å². The van der Waals surface area contributed by atoms with E-state index in [0.29, 0.717) is 5.88 Å². The number of nitrogens with zero attached hydrogens (tertiary/aromatic N) is 1. The van der Waals surface area contributed by atoms with Crippen molar-refractivity contribution in [2.75, 3.05) is 19.5 Å². The number of halogens is 3. The molecule has 1 aromatic rings. The molecule has 0 heterocycles. The van der Waals surface area contributed by atoms with Gasteiger partial charge in [-0.3, -0.25) is 4.79 Å². The van der Waals surface area contributed by atoms with E-state index in [9.17, 15) is 4.79 Å². The molecule has 5 heteroatoms. The van der Waals surface area contributed by atoms with Crippen LogP contribution in [-0.2, 0) is 0 Å². The van der Waals surface area contributed by atoms with Gasteiger partial charge in [0.25, 0.3) is 5.91 Å². The summed E-state index contributed by atoms with van der Waals surface area (Å²) >= 11 is 11.2. The minimum atomic E-state index is 0.0755. The molecule has 0 saturated heterocycles. The second kappa shape index (κ2) is 8.38. The molecule has 0 aliphatic heterocycles. The quantitative estimate of drug-likeness (QED) is 0.359. The first-order chi connectivity index (χ1) is 8.56. The molecule has 0 bridgehead atoms. The molecule has 0 aliphatic carbocycles. The second-order valence-electron chi connectivity index (χ2n) is 4.10. The molecule has 0 aliphatic rings. The summed E-state index contributed by atoms with van der Waals surface area (Å²) in [5, 5.41) is 0. The van der Waals surface area contributed by atoms with Crippen molar-refractivity contribution in [2.24, 2.45) is 0 Å². The van der Waals surface area contributed by atoms with Crippen LogP contribution in [0.15, 0.2) is 22.7 Å². The van der Waals surface area contributed by atoms with Gasteiger partial charge in [-0.25, -0.2) is 0 Å². The first-order valence-corrected chi connectivity index (χ1v) is 8.23. The zero-order valence-corrected chi connectivity index (χ0v) is 14.8. The van der Waals surface area contributed by atoms with Crippen LogP contribution < -0.4 is 0 Å². The predicted octanol–water partition coefficient (Wildman–Crippen LogP) is 4.53. The Morgan fingerprint density at radius 3 is 2.78 bits per heavy atom. The summed E-state index contributed by atoms with van der Waals surface area (Å²) in [5.74, 6) is 0.771. The number of benzene rings is 1. The first kappa shape index (κ1) is 16.2. The lowest BCUT2D eigenvalue weighted by Crippen LogP contribution is -2.28. The minimum Gasteiger partial charge on any atom is -0.342 e. The van der Waals surface area contributed by atoms with E-state index in [1.807, 2.05) is 25.2 Å². The molecule has 0 fully saturated rings. The number of carbonyl (C=O) groups is 1. The molecule has 1 aromatic carbocycles. The highest BCUT2D eigenvalue weighted by Gasteiger charge is 2.14. The average Bonchev–Trinajstić information content (AvgIpc) is 2.36. The van der Waals surface area contributed by atoms with Gasteiger partial charge in [-0.15, -0.1) is 11.6 Å². The Hall–Kier alpha value is 0.190. The number of unbranched alkanes of at least 4 members (excludes halogenated alkanes) is 2. The van der Waals surface area contributed by atoms with Crippen LogP contribution >= 0.6 is 50.1 Å². The highest BCUT2D eigenvalue weighted by molar-refractivity contribution is 14.1. The molecule has 0 spiro atoms. The number of hydrogen-bond donors (Lipinski definition) is 0. The smallest absolute Gasteiger partial charge is 0.254 e.